The maximum absolute atomic E-state index is 12.1. The van der Waals surface area contributed by atoms with Gasteiger partial charge in [-0.3, -0.25) is 0 Å². The van der Waals surface area contributed by atoms with Crippen molar-refractivity contribution in [2.24, 2.45) is 17.3 Å². The Morgan fingerprint density at radius 2 is 2.00 bits per heavy atom. The molecular weight excluding hydrogens is 245 g/mol. The molecule has 0 spiro atoms. The van der Waals surface area contributed by atoms with Crippen molar-refractivity contribution < 1.29 is 25.8 Å². The average molecular weight is 256 g/mol. The molecule has 0 aromatic carbocycles. The van der Waals surface area contributed by atoms with E-state index in [9.17, 15) is 21.6 Å². The van der Waals surface area contributed by atoms with E-state index in [1.165, 1.54) is 6.08 Å². The molecule has 0 aliphatic heterocycles. The molecule has 0 bridgehead atoms. The fraction of sp³-hybridized carbons (Fsp3) is 0.778. The summed E-state index contributed by atoms with van der Waals surface area (Å²) in [6, 6.07) is 0. The summed E-state index contributed by atoms with van der Waals surface area (Å²) in [5, 5.41) is 0. The van der Waals surface area contributed by atoms with Crippen LogP contribution in [0.15, 0.2) is 11.8 Å². The Balaban J connectivity index is 2.14. The Kier molecular flexibility index (Phi) is 2.16. The van der Waals surface area contributed by atoms with Crippen molar-refractivity contribution in [3.8, 4) is 0 Å². The van der Waals surface area contributed by atoms with E-state index in [2.05, 4.69) is 4.18 Å². The Hall–Kier alpha value is -0.720. The molecule has 1 saturated carbocycles. The van der Waals surface area contributed by atoms with Crippen molar-refractivity contribution >= 4 is 10.1 Å². The van der Waals surface area contributed by atoms with Gasteiger partial charge in [-0.1, -0.05) is 13.8 Å². The fourth-order valence-corrected chi connectivity index (χ4v) is 2.90. The Labute approximate surface area is 91.4 Å². The normalized spacial score (nSPS) is 31.9. The first-order valence-corrected chi connectivity index (χ1v) is 6.19. The molecule has 7 heteroatoms. The van der Waals surface area contributed by atoms with Crippen LogP contribution < -0.4 is 0 Å². The number of alkyl halides is 3. The van der Waals surface area contributed by atoms with Gasteiger partial charge in [0.15, 0.2) is 0 Å². The van der Waals surface area contributed by atoms with E-state index in [-0.39, 0.29) is 23.0 Å². The second kappa shape index (κ2) is 2.94. The van der Waals surface area contributed by atoms with Gasteiger partial charge in [0.25, 0.3) is 0 Å². The van der Waals surface area contributed by atoms with E-state index >= 15 is 0 Å². The maximum Gasteiger partial charge on any atom is 0.534 e. The fourth-order valence-electron chi connectivity index (χ4n) is 2.38. The summed E-state index contributed by atoms with van der Waals surface area (Å²) in [5.74, 6) is -0.0251. The molecule has 0 aromatic rings. The standard InChI is InChI=1S/C9H11F3O3S/c1-8(2)5-3-4-6(7(5)8)15-16(13,14)9(10,11)12/h4-5,7H,3H2,1-2H3. The van der Waals surface area contributed by atoms with Crippen molar-refractivity contribution in [3.63, 3.8) is 0 Å². The Morgan fingerprint density at radius 1 is 1.44 bits per heavy atom. The molecule has 16 heavy (non-hydrogen) atoms. The largest absolute Gasteiger partial charge is 0.534 e. The summed E-state index contributed by atoms with van der Waals surface area (Å²) in [6.45, 7) is 3.78. The maximum atomic E-state index is 12.1. The van der Waals surface area contributed by atoms with Crippen molar-refractivity contribution in [1.29, 1.82) is 0 Å². The molecule has 2 aliphatic carbocycles. The van der Waals surface area contributed by atoms with Crippen molar-refractivity contribution in [2.45, 2.75) is 25.8 Å². The molecule has 3 nitrogen and oxygen atoms in total. The minimum absolute atomic E-state index is 0.0488. The van der Waals surface area contributed by atoms with Crippen molar-refractivity contribution in [3.05, 3.63) is 11.8 Å². The number of hydrogen-bond acceptors (Lipinski definition) is 3. The zero-order valence-corrected chi connectivity index (χ0v) is 9.52. The van der Waals surface area contributed by atoms with Gasteiger partial charge >= 0.3 is 15.6 Å². The second-order valence-corrected chi connectivity index (χ2v) is 6.27. The third-order valence-electron chi connectivity index (χ3n) is 3.42. The zero-order chi connectivity index (χ0) is 12.4. The first-order valence-electron chi connectivity index (χ1n) is 4.78. The summed E-state index contributed by atoms with van der Waals surface area (Å²) in [7, 11) is -5.51. The van der Waals surface area contributed by atoms with Crippen LogP contribution in [0.5, 0.6) is 0 Å². The molecule has 0 aromatic heterocycles. The van der Waals surface area contributed by atoms with E-state index in [0.29, 0.717) is 6.42 Å². The molecule has 2 atom stereocenters. The summed E-state index contributed by atoms with van der Waals surface area (Å²) in [4.78, 5) is 0. The van der Waals surface area contributed by atoms with Gasteiger partial charge in [0.1, 0.15) is 5.76 Å². The lowest BCUT2D eigenvalue weighted by molar-refractivity contribution is -0.0525. The molecule has 1 fully saturated rings. The van der Waals surface area contributed by atoms with E-state index < -0.39 is 15.6 Å². The third kappa shape index (κ3) is 1.52. The topological polar surface area (TPSA) is 43.4 Å². The Morgan fingerprint density at radius 3 is 2.38 bits per heavy atom. The summed E-state index contributed by atoms with van der Waals surface area (Å²) >= 11 is 0. The highest BCUT2D eigenvalue weighted by molar-refractivity contribution is 7.87. The number of halogens is 3. The molecule has 0 radical (unpaired) electrons. The van der Waals surface area contributed by atoms with Crippen LogP contribution in [0, 0.1) is 17.3 Å². The number of hydrogen-bond donors (Lipinski definition) is 0. The molecule has 2 unspecified atom stereocenters. The van der Waals surface area contributed by atoms with Gasteiger partial charge in [-0.2, -0.15) is 21.6 Å². The summed E-state index contributed by atoms with van der Waals surface area (Å²) < 4.78 is 62.0. The van der Waals surface area contributed by atoms with Gasteiger partial charge < -0.3 is 4.18 Å². The lowest BCUT2D eigenvalue weighted by Gasteiger charge is -2.13. The highest BCUT2D eigenvalue weighted by atomic mass is 32.2. The minimum atomic E-state index is -5.51. The van der Waals surface area contributed by atoms with Gasteiger partial charge in [0, 0.05) is 5.92 Å². The lowest BCUT2D eigenvalue weighted by atomic mass is 10.0. The third-order valence-corrected chi connectivity index (χ3v) is 4.40. The number of allylic oxidation sites excluding steroid dienone is 2. The van der Waals surface area contributed by atoms with Crippen LogP contribution >= 0.6 is 0 Å². The van der Waals surface area contributed by atoms with Crippen LogP contribution in [-0.2, 0) is 14.3 Å². The van der Waals surface area contributed by atoms with Crippen LogP contribution in [0.4, 0.5) is 13.2 Å². The monoisotopic (exact) mass is 256 g/mol. The smallest absolute Gasteiger partial charge is 0.381 e. The first kappa shape index (κ1) is 11.8. The first-order chi connectivity index (χ1) is 7.07. The highest BCUT2D eigenvalue weighted by Gasteiger charge is 2.64. The summed E-state index contributed by atoms with van der Waals surface area (Å²) in [6.07, 6.45) is 2.02. The van der Waals surface area contributed by atoms with E-state index in [1.54, 1.807) is 0 Å². The molecule has 2 rings (SSSR count). The average Bonchev–Trinajstić information content (AvgIpc) is 2.46. The van der Waals surface area contributed by atoms with Crippen LogP contribution in [0.1, 0.15) is 20.3 Å². The molecule has 92 valence electrons. The van der Waals surface area contributed by atoms with Crippen molar-refractivity contribution in [1.82, 2.24) is 0 Å². The quantitative estimate of drug-likeness (QED) is 0.563. The van der Waals surface area contributed by atoms with Gasteiger partial charge in [-0.05, 0) is 23.8 Å². The molecule has 0 amide bonds. The van der Waals surface area contributed by atoms with Gasteiger partial charge in [-0.25, -0.2) is 0 Å². The predicted molar refractivity (Wildman–Crippen MR) is 49.5 cm³/mol. The molecular formula is C9H11F3O3S. The van der Waals surface area contributed by atoms with E-state index in [1.807, 2.05) is 13.8 Å². The zero-order valence-electron chi connectivity index (χ0n) is 8.71. The Bertz CT molecular complexity index is 447. The molecule has 2 aliphatic rings. The minimum Gasteiger partial charge on any atom is -0.381 e. The lowest BCUT2D eigenvalue weighted by Crippen LogP contribution is -2.25. The second-order valence-electron chi connectivity index (χ2n) is 4.73. The van der Waals surface area contributed by atoms with Gasteiger partial charge in [0.05, 0.1) is 0 Å². The van der Waals surface area contributed by atoms with Crippen LogP contribution in [-0.4, -0.2) is 13.9 Å². The van der Waals surface area contributed by atoms with E-state index in [4.69, 9.17) is 0 Å². The molecule has 0 saturated heterocycles. The predicted octanol–water partition coefficient (Wildman–Crippen LogP) is 2.41. The van der Waals surface area contributed by atoms with Gasteiger partial charge in [-0.15, -0.1) is 0 Å². The highest BCUT2D eigenvalue weighted by Crippen LogP contribution is 2.67. The van der Waals surface area contributed by atoms with Crippen molar-refractivity contribution in [2.75, 3.05) is 0 Å². The van der Waals surface area contributed by atoms with Crippen LogP contribution in [0.2, 0.25) is 0 Å². The summed E-state index contributed by atoms with van der Waals surface area (Å²) in [5.41, 5.74) is -5.50. The number of rotatable bonds is 2. The molecule has 0 N–H and O–H groups in total. The van der Waals surface area contributed by atoms with Gasteiger partial charge in [0.2, 0.25) is 0 Å². The number of fused-ring (bicyclic) bond motifs is 1. The SMILES string of the molecule is CC1(C)C2CC=C(OS(=O)(=O)C(F)(F)F)C21. The van der Waals surface area contributed by atoms with E-state index in [0.717, 1.165) is 0 Å². The van der Waals surface area contributed by atoms with Crippen LogP contribution in [0.25, 0.3) is 0 Å². The van der Waals surface area contributed by atoms with Crippen LogP contribution in [0.3, 0.4) is 0 Å². The molecule has 0 heterocycles.